The highest BCUT2D eigenvalue weighted by Crippen LogP contribution is 2.46. The molecule has 3 aliphatic rings. The van der Waals surface area contributed by atoms with Crippen LogP contribution in [0.4, 0.5) is 10.2 Å². The van der Waals surface area contributed by atoms with Crippen LogP contribution in [0.3, 0.4) is 0 Å². The Balaban J connectivity index is 1.67. The quantitative estimate of drug-likeness (QED) is 0.562. The molecular weight excluding hydrogens is 499 g/mol. The van der Waals surface area contributed by atoms with Gasteiger partial charge in [0.05, 0.1) is 17.8 Å². The molecule has 2 fully saturated rings. The summed E-state index contributed by atoms with van der Waals surface area (Å²) >= 11 is 6.83. The zero-order chi connectivity index (χ0) is 26.5. The minimum atomic E-state index is -0.478. The van der Waals surface area contributed by atoms with Crippen LogP contribution < -0.4 is 9.64 Å². The van der Waals surface area contributed by atoms with Gasteiger partial charge in [0.2, 0.25) is 5.91 Å². The molecule has 37 heavy (non-hydrogen) atoms. The molecule has 5 rings (SSSR count). The van der Waals surface area contributed by atoms with Gasteiger partial charge in [-0.15, -0.1) is 0 Å². The monoisotopic (exact) mass is 528 g/mol. The summed E-state index contributed by atoms with van der Waals surface area (Å²) in [4.78, 5) is 36.6. The summed E-state index contributed by atoms with van der Waals surface area (Å²) in [6.07, 6.45) is 1.92. The molecular formula is C27H30ClFN4O4. The number of pyridine rings is 1. The van der Waals surface area contributed by atoms with E-state index >= 15 is 0 Å². The van der Waals surface area contributed by atoms with E-state index in [0.717, 1.165) is 6.42 Å². The molecule has 2 aromatic rings. The third-order valence-corrected chi connectivity index (χ3v) is 7.85. The normalized spacial score (nSPS) is 22.7. The maximum absolute atomic E-state index is 14.9. The zero-order valence-corrected chi connectivity index (χ0v) is 21.9. The Kier molecular flexibility index (Phi) is 6.62. The zero-order valence-electron chi connectivity index (χ0n) is 21.2. The first-order chi connectivity index (χ1) is 17.7. The van der Waals surface area contributed by atoms with Gasteiger partial charge in [-0.05, 0) is 38.5 Å². The number of piperazine rings is 1. The van der Waals surface area contributed by atoms with E-state index in [1.807, 2.05) is 4.90 Å². The SMILES string of the molecule is C=CC(=O)N1CCN2C(=O)c3c(N4CC(OC)CC4(C)C)nc(-c4ccccc4F)c(Cl)c3OCC2C1. The van der Waals surface area contributed by atoms with Crippen LogP contribution in [0.15, 0.2) is 36.9 Å². The number of carbonyl (C=O) groups excluding carboxylic acids is 2. The number of rotatable bonds is 4. The lowest BCUT2D eigenvalue weighted by atomic mass is 10.00. The Bertz CT molecular complexity index is 1270. The number of carbonyl (C=O) groups is 2. The van der Waals surface area contributed by atoms with Gasteiger partial charge in [0, 0.05) is 44.4 Å². The Labute approximate surface area is 220 Å². The van der Waals surface area contributed by atoms with Crippen LogP contribution in [0.1, 0.15) is 30.6 Å². The summed E-state index contributed by atoms with van der Waals surface area (Å²) in [6, 6.07) is 5.87. The first kappa shape index (κ1) is 25.5. The molecule has 2 saturated heterocycles. The van der Waals surface area contributed by atoms with Gasteiger partial charge in [0.25, 0.3) is 5.91 Å². The van der Waals surface area contributed by atoms with Gasteiger partial charge < -0.3 is 24.2 Å². The van der Waals surface area contributed by atoms with E-state index in [1.54, 1.807) is 35.1 Å². The van der Waals surface area contributed by atoms with Gasteiger partial charge in [-0.2, -0.15) is 0 Å². The van der Waals surface area contributed by atoms with Crippen LogP contribution in [-0.2, 0) is 9.53 Å². The number of nitrogens with zero attached hydrogens (tertiary/aromatic N) is 4. The molecule has 0 aliphatic carbocycles. The van der Waals surface area contributed by atoms with Crippen molar-refractivity contribution < 1.29 is 23.5 Å². The van der Waals surface area contributed by atoms with Crippen molar-refractivity contribution in [1.82, 2.24) is 14.8 Å². The highest BCUT2D eigenvalue weighted by molar-refractivity contribution is 6.35. The standard InChI is InChI=1S/C27H30ClFN4O4/c1-5-20(34)31-10-11-32-16(13-31)15-37-24-21(26(32)35)25(33-14-17(36-4)12-27(33,2)3)30-23(22(24)28)18-8-6-7-9-19(18)29/h5-9,16-17H,1,10-15H2,2-4H3. The summed E-state index contributed by atoms with van der Waals surface area (Å²) in [6.45, 7) is 9.34. The first-order valence-corrected chi connectivity index (χ1v) is 12.7. The number of methoxy groups -OCH3 is 1. The number of anilines is 1. The first-order valence-electron chi connectivity index (χ1n) is 12.3. The molecule has 3 aliphatic heterocycles. The van der Waals surface area contributed by atoms with Crippen molar-refractivity contribution in [1.29, 1.82) is 0 Å². The van der Waals surface area contributed by atoms with E-state index < -0.39 is 11.4 Å². The summed E-state index contributed by atoms with van der Waals surface area (Å²) in [5.41, 5.74) is 0.280. The molecule has 1 aromatic heterocycles. The Morgan fingerprint density at radius 2 is 2.05 bits per heavy atom. The molecule has 2 amide bonds. The van der Waals surface area contributed by atoms with Gasteiger partial charge in [-0.1, -0.05) is 30.3 Å². The third kappa shape index (κ3) is 4.34. The van der Waals surface area contributed by atoms with Crippen molar-refractivity contribution in [3.8, 4) is 17.0 Å². The second-order valence-corrected chi connectivity index (χ2v) is 10.6. The molecule has 0 radical (unpaired) electrons. The van der Waals surface area contributed by atoms with Crippen molar-refractivity contribution in [2.24, 2.45) is 0 Å². The van der Waals surface area contributed by atoms with Gasteiger partial charge in [0.1, 0.15) is 28.8 Å². The molecule has 8 nitrogen and oxygen atoms in total. The summed E-state index contributed by atoms with van der Waals surface area (Å²) in [7, 11) is 1.66. The Morgan fingerprint density at radius 3 is 2.73 bits per heavy atom. The fraction of sp³-hybridized carbons (Fsp3) is 0.444. The average Bonchev–Trinajstić information content (AvgIpc) is 3.12. The number of benzene rings is 1. The number of ether oxygens (including phenoxy) is 2. The minimum Gasteiger partial charge on any atom is -0.489 e. The molecule has 0 bridgehead atoms. The topological polar surface area (TPSA) is 75.2 Å². The number of halogens is 2. The van der Waals surface area contributed by atoms with Crippen molar-refractivity contribution >= 4 is 29.2 Å². The van der Waals surface area contributed by atoms with E-state index in [2.05, 4.69) is 20.4 Å². The highest BCUT2D eigenvalue weighted by Gasteiger charge is 2.45. The summed E-state index contributed by atoms with van der Waals surface area (Å²) < 4.78 is 26.8. The molecule has 2 unspecified atom stereocenters. The lowest BCUT2D eigenvalue weighted by Crippen LogP contribution is -2.57. The van der Waals surface area contributed by atoms with E-state index in [1.165, 1.54) is 12.1 Å². The lowest BCUT2D eigenvalue weighted by molar-refractivity contribution is -0.128. The predicted octanol–water partition coefficient (Wildman–Crippen LogP) is 3.78. The maximum atomic E-state index is 14.9. The van der Waals surface area contributed by atoms with Gasteiger partial charge >= 0.3 is 0 Å². The molecule has 2 atom stereocenters. The molecule has 4 heterocycles. The molecule has 0 saturated carbocycles. The fourth-order valence-electron chi connectivity index (χ4n) is 5.52. The minimum absolute atomic E-state index is 0.0666. The number of aromatic nitrogens is 1. The highest BCUT2D eigenvalue weighted by atomic mass is 35.5. The van der Waals surface area contributed by atoms with E-state index in [-0.39, 0.29) is 58.2 Å². The van der Waals surface area contributed by atoms with Crippen LogP contribution in [0, 0.1) is 5.82 Å². The van der Waals surface area contributed by atoms with E-state index in [0.29, 0.717) is 32.0 Å². The molecule has 10 heteroatoms. The summed E-state index contributed by atoms with van der Waals surface area (Å²) in [5, 5.41) is 0.0800. The second-order valence-electron chi connectivity index (χ2n) is 10.2. The lowest BCUT2D eigenvalue weighted by Gasteiger charge is -2.40. The van der Waals surface area contributed by atoms with Crippen LogP contribution in [0.25, 0.3) is 11.3 Å². The Hall–Kier alpha value is -3.17. The van der Waals surface area contributed by atoms with Crippen LogP contribution >= 0.6 is 11.6 Å². The van der Waals surface area contributed by atoms with Crippen molar-refractivity contribution in [2.75, 3.05) is 44.8 Å². The van der Waals surface area contributed by atoms with Crippen molar-refractivity contribution in [3.63, 3.8) is 0 Å². The van der Waals surface area contributed by atoms with Crippen LogP contribution in [-0.4, -0.2) is 84.2 Å². The number of fused-ring (bicyclic) bond motifs is 2. The van der Waals surface area contributed by atoms with Crippen LogP contribution in [0.2, 0.25) is 5.02 Å². The molecule has 1 aromatic carbocycles. The number of hydrogen-bond acceptors (Lipinski definition) is 6. The van der Waals surface area contributed by atoms with Gasteiger partial charge in [-0.3, -0.25) is 9.59 Å². The van der Waals surface area contributed by atoms with Crippen molar-refractivity contribution in [3.05, 3.63) is 53.3 Å². The summed E-state index contributed by atoms with van der Waals surface area (Å²) in [5.74, 6) is -0.376. The van der Waals surface area contributed by atoms with E-state index in [4.69, 9.17) is 26.1 Å². The second kappa shape index (κ2) is 9.61. The maximum Gasteiger partial charge on any atom is 0.261 e. The van der Waals surface area contributed by atoms with E-state index in [9.17, 15) is 14.0 Å². The molecule has 0 spiro atoms. The number of hydrogen-bond donors (Lipinski definition) is 0. The van der Waals surface area contributed by atoms with Gasteiger partial charge in [0.15, 0.2) is 5.75 Å². The van der Waals surface area contributed by atoms with Crippen LogP contribution in [0.5, 0.6) is 5.75 Å². The fourth-order valence-corrected chi connectivity index (χ4v) is 5.81. The molecule has 0 N–H and O–H groups in total. The Morgan fingerprint density at radius 1 is 1.30 bits per heavy atom. The predicted molar refractivity (Wildman–Crippen MR) is 139 cm³/mol. The largest absolute Gasteiger partial charge is 0.489 e. The average molecular weight is 529 g/mol. The number of amides is 2. The smallest absolute Gasteiger partial charge is 0.261 e. The van der Waals surface area contributed by atoms with Gasteiger partial charge in [-0.25, -0.2) is 9.37 Å². The van der Waals surface area contributed by atoms with Crippen molar-refractivity contribution in [2.45, 2.75) is 38.0 Å². The molecule has 196 valence electrons. The third-order valence-electron chi connectivity index (χ3n) is 7.50.